The number of halogens is 4. The molecular formula is C13H14ClF3N4O. The molecule has 0 amide bonds. The van der Waals surface area contributed by atoms with Crippen LogP contribution < -0.4 is 15.4 Å². The second-order valence-electron chi connectivity index (χ2n) is 4.30. The van der Waals surface area contributed by atoms with Crippen molar-refractivity contribution < 1.29 is 17.9 Å². The minimum Gasteiger partial charge on any atom is -0.404 e. The van der Waals surface area contributed by atoms with Gasteiger partial charge >= 0.3 is 6.36 Å². The summed E-state index contributed by atoms with van der Waals surface area (Å²) in [6.45, 7) is 5.00. The molecule has 2 aromatic rings. The van der Waals surface area contributed by atoms with Gasteiger partial charge in [0.15, 0.2) is 11.6 Å². The first-order valence-electron chi connectivity index (χ1n) is 6.58. The summed E-state index contributed by atoms with van der Waals surface area (Å²) in [5, 5.41) is 5.86. The molecule has 5 nitrogen and oxygen atoms in total. The van der Waals surface area contributed by atoms with Gasteiger partial charge in [-0.05, 0) is 19.9 Å². The highest BCUT2D eigenvalue weighted by Crippen LogP contribution is 2.34. The number of aromatic nitrogens is 2. The number of alkyl halides is 3. The molecule has 0 atom stereocenters. The van der Waals surface area contributed by atoms with Crippen molar-refractivity contribution in [1.29, 1.82) is 0 Å². The van der Waals surface area contributed by atoms with Gasteiger partial charge in [0.25, 0.3) is 0 Å². The van der Waals surface area contributed by atoms with Crippen LogP contribution in [0.25, 0.3) is 11.0 Å². The lowest BCUT2D eigenvalue weighted by Crippen LogP contribution is -2.17. The molecule has 0 unspecified atom stereocenters. The Hall–Kier alpha value is -1.96. The third kappa shape index (κ3) is 3.82. The van der Waals surface area contributed by atoms with E-state index in [4.69, 9.17) is 11.6 Å². The van der Waals surface area contributed by atoms with E-state index in [1.807, 2.05) is 13.8 Å². The van der Waals surface area contributed by atoms with E-state index >= 15 is 0 Å². The summed E-state index contributed by atoms with van der Waals surface area (Å²) >= 11 is 5.81. The number of fused-ring (bicyclic) bond motifs is 1. The maximum absolute atomic E-state index is 12.3. The predicted octanol–water partition coefficient (Wildman–Crippen LogP) is 4.05. The number of nitrogens with one attached hydrogen (secondary N) is 2. The lowest BCUT2D eigenvalue weighted by atomic mass is 10.2. The molecule has 0 bridgehead atoms. The smallest absolute Gasteiger partial charge is 0.404 e. The van der Waals surface area contributed by atoms with Crippen LogP contribution in [0.4, 0.5) is 24.8 Å². The summed E-state index contributed by atoms with van der Waals surface area (Å²) in [6, 6.07) is 2.41. The van der Waals surface area contributed by atoms with Crippen LogP contribution in [0.3, 0.4) is 0 Å². The fourth-order valence-corrected chi connectivity index (χ4v) is 2.04. The van der Waals surface area contributed by atoms with Crippen molar-refractivity contribution in [2.75, 3.05) is 23.7 Å². The van der Waals surface area contributed by atoms with Gasteiger partial charge in [-0.2, -0.15) is 0 Å². The molecule has 120 valence electrons. The molecular weight excluding hydrogens is 321 g/mol. The Bertz CT molecular complexity index is 678. The first-order chi connectivity index (χ1) is 10.3. The fourth-order valence-electron chi connectivity index (χ4n) is 1.84. The van der Waals surface area contributed by atoms with Crippen LogP contribution in [0.15, 0.2) is 12.1 Å². The minimum absolute atomic E-state index is 0.183. The van der Waals surface area contributed by atoms with E-state index in [0.29, 0.717) is 30.2 Å². The Morgan fingerprint density at radius 2 is 1.55 bits per heavy atom. The molecule has 0 saturated carbocycles. The molecule has 2 N–H and O–H groups in total. The molecule has 1 aromatic carbocycles. The van der Waals surface area contributed by atoms with E-state index in [2.05, 4.69) is 25.3 Å². The van der Waals surface area contributed by atoms with Gasteiger partial charge in [0.1, 0.15) is 5.75 Å². The van der Waals surface area contributed by atoms with Gasteiger partial charge in [-0.15, -0.1) is 13.2 Å². The van der Waals surface area contributed by atoms with Crippen LogP contribution in [0, 0.1) is 0 Å². The predicted molar refractivity (Wildman–Crippen MR) is 79.6 cm³/mol. The number of anilines is 2. The average molecular weight is 335 g/mol. The van der Waals surface area contributed by atoms with Crippen molar-refractivity contribution >= 4 is 34.3 Å². The monoisotopic (exact) mass is 334 g/mol. The summed E-state index contributed by atoms with van der Waals surface area (Å²) in [5.41, 5.74) is 0.624. The van der Waals surface area contributed by atoms with Crippen LogP contribution in [-0.4, -0.2) is 29.4 Å². The summed E-state index contributed by atoms with van der Waals surface area (Å²) in [7, 11) is 0. The van der Waals surface area contributed by atoms with Crippen molar-refractivity contribution in [1.82, 2.24) is 9.97 Å². The van der Waals surface area contributed by atoms with Gasteiger partial charge in [-0.1, -0.05) is 11.6 Å². The highest BCUT2D eigenvalue weighted by Gasteiger charge is 2.32. The van der Waals surface area contributed by atoms with Gasteiger partial charge in [0, 0.05) is 19.2 Å². The third-order valence-electron chi connectivity index (χ3n) is 2.63. The standard InChI is InChI=1S/C13H14ClF3N4O/c1-3-18-11-12(19-4-2)21-9-6-10(22-13(15,16)17)7(14)5-8(9)20-11/h5-6H,3-4H2,1-2H3,(H,18,20)(H,19,21). The zero-order chi connectivity index (χ0) is 16.3. The SMILES string of the molecule is CCNc1nc2cc(Cl)c(OC(F)(F)F)cc2nc1NCC. The molecule has 2 rings (SSSR count). The summed E-state index contributed by atoms with van der Waals surface area (Å²) in [5.74, 6) is 0.462. The van der Waals surface area contributed by atoms with E-state index in [1.165, 1.54) is 6.07 Å². The van der Waals surface area contributed by atoms with Gasteiger partial charge in [-0.3, -0.25) is 0 Å². The largest absolute Gasteiger partial charge is 0.573 e. The zero-order valence-electron chi connectivity index (χ0n) is 11.9. The molecule has 9 heteroatoms. The number of hydrogen-bond acceptors (Lipinski definition) is 5. The lowest BCUT2D eigenvalue weighted by molar-refractivity contribution is -0.274. The quantitative estimate of drug-likeness (QED) is 0.864. The van der Waals surface area contributed by atoms with E-state index in [0.717, 1.165) is 6.07 Å². The van der Waals surface area contributed by atoms with Crippen molar-refractivity contribution in [3.63, 3.8) is 0 Å². The molecule has 0 aliphatic carbocycles. The van der Waals surface area contributed by atoms with E-state index in [1.54, 1.807) is 0 Å². The Balaban J connectivity index is 2.53. The summed E-state index contributed by atoms with van der Waals surface area (Å²) in [6.07, 6.45) is -4.82. The minimum atomic E-state index is -4.82. The van der Waals surface area contributed by atoms with E-state index in [9.17, 15) is 13.2 Å². The molecule has 0 aliphatic heterocycles. The third-order valence-corrected chi connectivity index (χ3v) is 2.93. The van der Waals surface area contributed by atoms with Gasteiger partial charge < -0.3 is 15.4 Å². The van der Waals surface area contributed by atoms with Crippen molar-refractivity contribution in [3.8, 4) is 5.75 Å². The molecule has 22 heavy (non-hydrogen) atoms. The first kappa shape index (κ1) is 16.4. The molecule has 0 spiro atoms. The van der Waals surface area contributed by atoms with Crippen LogP contribution in [0.1, 0.15) is 13.8 Å². The number of ether oxygens (including phenoxy) is 1. The normalized spacial score (nSPS) is 11.5. The second-order valence-corrected chi connectivity index (χ2v) is 4.71. The summed E-state index contributed by atoms with van der Waals surface area (Å²) in [4.78, 5) is 8.60. The molecule has 0 aliphatic rings. The Morgan fingerprint density at radius 1 is 1.05 bits per heavy atom. The van der Waals surface area contributed by atoms with Crippen LogP contribution >= 0.6 is 11.6 Å². The topological polar surface area (TPSA) is 59.1 Å². The highest BCUT2D eigenvalue weighted by atomic mass is 35.5. The van der Waals surface area contributed by atoms with Crippen LogP contribution in [0.5, 0.6) is 5.75 Å². The maximum Gasteiger partial charge on any atom is 0.573 e. The van der Waals surface area contributed by atoms with Crippen LogP contribution in [-0.2, 0) is 0 Å². The number of hydrogen-bond donors (Lipinski definition) is 2. The van der Waals surface area contributed by atoms with Crippen molar-refractivity contribution in [2.24, 2.45) is 0 Å². The van der Waals surface area contributed by atoms with E-state index < -0.39 is 12.1 Å². The Kier molecular flexibility index (Phi) is 4.80. The number of rotatable bonds is 5. The number of nitrogens with zero attached hydrogens (tertiary/aromatic N) is 2. The fraction of sp³-hybridized carbons (Fsp3) is 0.385. The molecule has 1 heterocycles. The van der Waals surface area contributed by atoms with Gasteiger partial charge in [-0.25, -0.2) is 9.97 Å². The second kappa shape index (κ2) is 6.43. The van der Waals surface area contributed by atoms with Gasteiger partial charge in [0.05, 0.1) is 16.1 Å². The Labute approximate surface area is 129 Å². The highest BCUT2D eigenvalue weighted by molar-refractivity contribution is 6.32. The summed E-state index contributed by atoms with van der Waals surface area (Å²) < 4.78 is 40.9. The van der Waals surface area contributed by atoms with Crippen LogP contribution in [0.2, 0.25) is 5.02 Å². The average Bonchev–Trinajstić information content (AvgIpc) is 2.40. The Morgan fingerprint density at radius 3 is 2.00 bits per heavy atom. The zero-order valence-corrected chi connectivity index (χ0v) is 12.6. The first-order valence-corrected chi connectivity index (χ1v) is 6.96. The molecule has 0 fully saturated rings. The number of benzene rings is 1. The van der Waals surface area contributed by atoms with Crippen molar-refractivity contribution in [2.45, 2.75) is 20.2 Å². The molecule has 0 radical (unpaired) electrons. The lowest BCUT2D eigenvalue weighted by Gasteiger charge is -2.14. The van der Waals surface area contributed by atoms with Gasteiger partial charge in [0.2, 0.25) is 0 Å². The van der Waals surface area contributed by atoms with E-state index in [-0.39, 0.29) is 10.5 Å². The molecule has 1 aromatic heterocycles. The van der Waals surface area contributed by atoms with Crippen molar-refractivity contribution in [3.05, 3.63) is 17.2 Å². The maximum atomic E-state index is 12.3. The molecule has 0 saturated heterocycles.